The molecule has 0 saturated carbocycles. The van der Waals surface area contributed by atoms with Crippen LogP contribution >= 0.6 is 0 Å². The second-order valence-electron chi connectivity index (χ2n) is 4.14. The van der Waals surface area contributed by atoms with Crippen molar-refractivity contribution in [1.29, 1.82) is 0 Å². The van der Waals surface area contributed by atoms with Crippen LogP contribution in [0.3, 0.4) is 0 Å². The first kappa shape index (κ1) is 14.2. The van der Waals surface area contributed by atoms with E-state index in [4.69, 9.17) is 4.42 Å². The van der Waals surface area contributed by atoms with Crippen LogP contribution in [-0.2, 0) is 20.0 Å². The lowest BCUT2D eigenvalue weighted by atomic mass is 10.3. The van der Waals surface area contributed by atoms with Crippen LogP contribution in [0.15, 0.2) is 16.7 Å². The minimum absolute atomic E-state index is 0.0574. The van der Waals surface area contributed by atoms with Crippen LogP contribution in [0.5, 0.6) is 0 Å². The molecule has 0 saturated heterocycles. The van der Waals surface area contributed by atoms with E-state index in [1.54, 1.807) is 0 Å². The number of hydrogen-bond donors (Lipinski definition) is 1. The number of aromatic nitrogens is 3. The molecule has 0 atom stereocenters. The van der Waals surface area contributed by atoms with E-state index >= 15 is 0 Å². The lowest BCUT2D eigenvalue weighted by Crippen LogP contribution is -2.23. The fourth-order valence-electron chi connectivity index (χ4n) is 1.65. The Kier molecular flexibility index (Phi) is 4.11. The van der Waals surface area contributed by atoms with E-state index in [1.807, 2.05) is 6.92 Å². The van der Waals surface area contributed by atoms with E-state index in [1.165, 1.54) is 13.2 Å². The zero-order valence-corrected chi connectivity index (χ0v) is 11.1. The Morgan fingerprint density at radius 1 is 1.55 bits per heavy atom. The van der Waals surface area contributed by atoms with Crippen LogP contribution < -0.4 is 5.32 Å². The minimum Gasteiger partial charge on any atom is -0.444 e. The van der Waals surface area contributed by atoms with Gasteiger partial charge in [-0.1, -0.05) is 6.92 Å². The molecule has 0 radical (unpaired) electrons. The number of rotatable bonds is 5. The Hall–Kier alpha value is -2.25. The summed E-state index contributed by atoms with van der Waals surface area (Å²) in [5.74, 6) is 0.536. The van der Waals surface area contributed by atoms with E-state index in [0.29, 0.717) is 18.1 Å². The summed E-state index contributed by atoms with van der Waals surface area (Å²) in [5, 5.41) is 6.28. The van der Waals surface area contributed by atoms with Gasteiger partial charge in [0.05, 0.1) is 12.7 Å². The summed E-state index contributed by atoms with van der Waals surface area (Å²) in [5.41, 5.74) is -0.360. The Morgan fingerprint density at radius 3 is 2.85 bits per heavy atom. The van der Waals surface area contributed by atoms with Gasteiger partial charge < -0.3 is 9.73 Å². The summed E-state index contributed by atoms with van der Waals surface area (Å²) in [6, 6.07) is 1.07. The molecule has 8 heteroatoms. The molecule has 0 aliphatic heterocycles. The number of oxazole rings is 1. The lowest BCUT2D eigenvalue weighted by Gasteiger charge is -1.99. The summed E-state index contributed by atoms with van der Waals surface area (Å²) in [7, 11) is 1.36. The van der Waals surface area contributed by atoms with Crippen molar-refractivity contribution in [2.24, 2.45) is 7.05 Å². The van der Waals surface area contributed by atoms with Gasteiger partial charge >= 0.3 is 0 Å². The maximum Gasteiger partial charge on any atom is 0.280 e. The monoisotopic (exact) mass is 284 g/mol. The van der Waals surface area contributed by atoms with Crippen molar-refractivity contribution in [3.8, 4) is 0 Å². The molecule has 0 unspecified atom stereocenters. The van der Waals surface area contributed by atoms with Gasteiger partial charge in [-0.05, 0) is 6.07 Å². The fraction of sp³-hybridized carbons (Fsp3) is 0.417. The van der Waals surface area contributed by atoms with E-state index in [2.05, 4.69) is 15.4 Å². The van der Waals surface area contributed by atoms with Gasteiger partial charge in [-0.25, -0.2) is 13.8 Å². The molecular formula is C12H14F2N4O2. The molecule has 0 aliphatic rings. The molecular weight excluding hydrogens is 270 g/mol. The number of carbonyl (C=O) groups excluding carboxylic acids is 1. The van der Waals surface area contributed by atoms with Gasteiger partial charge in [-0.15, -0.1) is 0 Å². The molecule has 2 aromatic rings. The van der Waals surface area contributed by atoms with Crippen molar-refractivity contribution >= 4 is 5.91 Å². The summed E-state index contributed by atoms with van der Waals surface area (Å²) in [4.78, 5) is 15.8. The van der Waals surface area contributed by atoms with Gasteiger partial charge in [0.25, 0.3) is 12.3 Å². The summed E-state index contributed by atoms with van der Waals surface area (Å²) >= 11 is 0. The standard InChI is InChI=1S/C12H14F2N4O2/c1-3-10-15-5-7(20-10)6-16-12(19)8-4-9(11(13)14)18(2)17-8/h4-5,11H,3,6H2,1-2H3,(H,16,19). The summed E-state index contributed by atoms with van der Waals surface area (Å²) in [6.45, 7) is 2.03. The number of alkyl halides is 2. The number of aryl methyl sites for hydroxylation is 2. The molecule has 108 valence electrons. The first-order valence-corrected chi connectivity index (χ1v) is 6.05. The van der Waals surface area contributed by atoms with E-state index in [0.717, 1.165) is 10.7 Å². The van der Waals surface area contributed by atoms with Crippen LogP contribution in [0.4, 0.5) is 8.78 Å². The fourth-order valence-corrected chi connectivity index (χ4v) is 1.65. The highest BCUT2D eigenvalue weighted by atomic mass is 19.3. The molecule has 2 heterocycles. The highest BCUT2D eigenvalue weighted by molar-refractivity contribution is 5.92. The number of carbonyl (C=O) groups is 1. The molecule has 2 rings (SSSR count). The number of hydrogen-bond acceptors (Lipinski definition) is 4. The Labute approximate surface area is 113 Å². The smallest absolute Gasteiger partial charge is 0.280 e. The minimum atomic E-state index is -2.67. The SMILES string of the molecule is CCc1ncc(CNC(=O)c2cc(C(F)F)n(C)n2)o1. The third kappa shape index (κ3) is 3.01. The van der Waals surface area contributed by atoms with Crippen molar-refractivity contribution in [3.63, 3.8) is 0 Å². The average Bonchev–Trinajstić information content (AvgIpc) is 3.02. The Bertz CT molecular complexity index is 606. The second kappa shape index (κ2) is 5.81. The van der Waals surface area contributed by atoms with Gasteiger partial charge in [-0.2, -0.15) is 5.10 Å². The van der Waals surface area contributed by atoms with Crippen molar-refractivity contribution in [1.82, 2.24) is 20.1 Å². The van der Waals surface area contributed by atoms with Gasteiger partial charge in [0.2, 0.25) is 0 Å². The second-order valence-corrected chi connectivity index (χ2v) is 4.14. The van der Waals surface area contributed by atoms with E-state index in [-0.39, 0.29) is 17.9 Å². The number of nitrogens with one attached hydrogen (secondary N) is 1. The molecule has 2 aromatic heterocycles. The van der Waals surface area contributed by atoms with Gasteiger partial charge in [-0.3, -0.25) is 9.48 Å². The van der Waals surface area contributed by atoms with Crippen LogP contribution in [0.1, 0.15) is 41.2 Å². The molecule has 0 aliphatic carbocycles. The normalized spacial score (nSPS) is 11.1. The largest absolute Gasteiger partial charge is 0.444 e. The summed E-state index contributed by atoms with van der Waals surface area (Å²) in [6.07, 6.45) is -0.496. The summed E-state index contributed by atoms with van der Waals surface area (Å²) < 4.78 is 31.5. The molecule has 0 aromatic carbocycles. The third-order valence-corrected chi connectivity index (χ3v) is 2.70. The van der Waals surface area contributed by atoms with Crippen molar-refractivity contribution < 1.29 is 18.0 Å². The Morgan fingerprint density at radius 2 is 2.30 bits per heavy atom. The number of nitrogens with zero attached hydrogens (tertiary/aromatic N) is 3. The van der Waals surface area contributed by atoms with Crippen molar-refractivity contribution in [2.45, 2.75) is 26.3 Å². The highest BCUT2D eigenvalue weighted by Crippen LogP contribution is 2.18. The molecule has 0 fully saturated rings. The maximum atomic E-state index is 12.6. The number of halogens is 2. The van der Waals surface area contributed by atoms with Crippen LogP contribution in [0.2, 0.25) is 0 Å². The first-order chi connectivity index (χ1) is 9.51. The van der Waals surface area contributed by atoms with E-state index < -0.39 is 12.3 Å². The van der Waals surface area contributed by atoms with Gasteiger partial charge in [0.1, 0.15) is 11.5 Å². The third-order valence-electron chi connectivity index (χ3n) is 2.70. The molecule has 20 heavy (non-hydrogen) atoms. The average molecular weight is 284 g/mol. The Balaban J connectivity index is 1.99. The predicted octanol–water partition coefficient (Wildman–Crippen LogP) is 1.84. The van der Waals surface area contributed by atoms with Crippen molar-refractivity contribution in [3.05, 3.63) is 35.3 Å². The van der Waals surface area contributed by atoms with E-state index in [9.17, 15) is 13.6 Å². The topological polar surface area (TPSA) is 73.0 Å². The molecule has 1 N–H and O–H groups in total. The van der Waals surface area contributed by atoms with Crippen LogP contribution in [0, 0.1) is 0 Å². The zero-order valence-electron chi connectivity index (χ0n) is 11.1. The van der Waals surface area contributed by atoms with Crippen molar-refractivity contribution in [2.75, 3.05) is 0 Å². The van der Waals surface area contributed by atoms with Gasteiger partial charge in [0, 0.05) is 13.5 Å². The zero-order chi connectivity index (χ0) is 14.7. The highest BCUT2D eigenvalue weighted by Gasteiger charge is 2.18. The number of amides is 1. The first-order valence-electron chi connectivity index (χ1n) is 6.05. The molecule has 0 bridgehead atoms. The van der Waals surface area contributed by atoms with Crippen LogP contribution in [-0.4, -0.2) is 20.7 Å². The lowest BCUT2D eigenvalue weighted by molar-refractivity contribution is 0.0942. The van der Waals surface area contributed by atoms with Gasteiger partial charge in [0.15, 0.2) is 11.6 Å². The molecule has 1 amide bonds. The molecule has 6 nitrogen and oxygen atoms in total. The quantitative estimate of drug-likeness (QED) is 0.909. The van der Waals surface area contributed by atoms with Crippen LogP contribution in [0.25, 0.3) is 0 Å². The molecule has 0 spiro atoms. The maximum absolute atomic E-state index is 12.6. The predicted molar refractivity (Wildman–Crippen MR) is 65.2 cm³/mol.